The summed E-state index contributed by atoms with van der Waals surface area (Å²) in [5.74, 6) is -2.21. The number of hydrogen-bond acceptors (Lipinski definition) is 8. The molecule has 8 nitrogen and oxygen atoms in total. The molecule has 0 saturated carbocycles. The van der Waals surface area contributed by atoms with E-state index in [2.05, 4.69) is 15.5 Å². The summed E-state index contributed by atoms with van der Waals surface area (Å²) in [7, 11) is 0. The first-order valence-corrected chi connectivity index (χ1v) is 6.42. The Bertz CT molecular complexity index is 594. The van der Waals surface area contributed by atoms with E-state index in [9.17, 15) is 14.4 Å². The lowest BCUT2D eigenvalue weighted by molar-refractivity contribution is -0.171. The quantitative estimate of drug-likeness (QED) is 0.639. The van der Waals surface area contributed by atoms with E-state index in [1.165, 1.54) is 17.9 Å². The van der Waals surface area contributed by atoms with E-state index >= 15 is 0 Å². The normalized spacial score (nSPS) is 17.2. The van der Waals surface area contributed by atoms with Gasteiger partial charge in [-0.25, -0.2) is 4.79 Å². The number of hydroxylamine groups is 2. The Balaban J connectivity index is 2.06. The number of thiazole rings is 1. The summed E-state index contributed by atoms with van der Waals surface area (Å²) in [4.78, 5) is 43.8. The molecule has 0 radical (unpaired) electrons. The molecule has 20 heavy (non-hydrogen) atoms. The maximum atomic E-state index is 11.8. The van der Waals surface area contributed by atoms with Crippen LogP contribution >= 0.6 is 11.3 Å². The van der Waals surface area contributed by atoms with Gasteiger partial charge in [-0.3, -0.25) is 20.0 Å². The molecule has 2 rings (SSSR count). The molecule has 1 aliphatic heterocycles. The number of aromatic nitrogens is 1. The van der Waals surface area contributed by atoms with Gasteiger partial charge >= 0.3 is 11.9 Å². The Morgan fingerprint density at radius 1 is 1.60 bits per heavy atom. The first-order valence-electron chi connectivity index (χ1n) is 5.54. The van der Waals surface area contributed by atoms with Gasteiger partial charge in [-0.15, -0.1) is 11.3 Å². The van der Waals surface area contributed by atoms with Crippen molar-refractivity contribution in [3.05, 3.63) is 28.9 Å². The lowest BCUT2D eigenvalue weighted by atomic mass is 10.3. The maximum absolute atomic E-state index is 11.8. The average Bonchev–Trinajstić information content (AvgIpc) is 3.04. The van der Waals surface area contributed by atoms with Crippen LogP contribution in [0.2, 0.25) is 0 Å². The van der Waals surface area contributed by atoms with Gasteiger partial charge in [0.25, 0.3) is 5.91 Å². The predicted octanol–water partition coefficient (Wildman–Crippen LogP) is 0.453. The van der Waals surface area contributed by atoms with Crippen LogP contribution in [-0.4, -0.2) is 33.5 Å². The fourth-order valence-electron chi connectivity index (χ4n) is 1.34. The molecule has 1 N–H and O–H groups in total. The van der Waals surface area contributed by atoms with Crippen LogP contribution in [0.3, 0.4) is 0 Å². The van der Waals surface area contributed by atoms with Crippen LogP contribution in [0.1, 0.15) is 23.0 Å². The van der Waals surface area contributed by atoms with E-state index in [1.54, 1.807) is 13.0 Å². The van der Waals surface area contributed by atoms with Crippen LogP contribution in [0, 0.1) is 0 Å². The second-order valence-corrected chi connectivity index (χ2v) is 4.49. The molecule has 0 unspecified atom stereocenters. The summed E-state index contributed by atoms with van der Waals surface area (Å²) < 4.78 is 0. The van der Waals surface area contributed by atoms with Crippen molar-refractivity contribution in [2.45, 2.75) is 13.3 Å². The van der Waals surface area contributed by atoms with Crippen molar-refractivity contribution >= 4 is 34.8 Å². The van der Waals surface area contributed by atoms with Gasteiger partial charge in [0.1, 0.15) is 10.6 Å². The van der Waals surface area contributed by atoms with Crippen molar-refractivity contribution < 1.29 is 19.2 Å². The Hall–Kier alpha value is -2.55. The first kappa shape index (κ1) is 13.9. The molecular weight excluding hydrogens is 284 g/mol. The Morgan fingerprint density at radius 2 is 2.40 bits per heavy atom. The minimum Gasteiger partial charge on any atom is -0.324 e. The van der Waals surface area contributed by atoms with Crippen LogP contribution in [0.5, 0.6) is 0 Å². The third-order valence-electron chi connectivity index (χ3n) is 2.22. The highest BCUT2D eigenvalue weighted by Gasteiger charge is 2.39. The van der Waals surface area contributed by atoms with Crippen molar-refractivity contribution in [1.29, 1.82) is 0 Å². The SMILES string of the molecule is CC=CNN=C1CC(=O)N(OC(=O)c2cncs2)C1=O. The maximum Gasteiger partial charge on any atom is 0.375 e. The number of imide groups is 1. The molecule has 1 saturated heterocycles. The summed E-state index contributed by atoms with van der Waals surface area (Å²) in [5, 5.41) is 4.15. The van der Waals surface area contributed by atoms with E-state index < -0.39 is 17.8 Å². The van der Waals surface area contributed by atoms with E-state index in [0.717, 1.165) is 11.3 Å². The molecule has 2 amide bonds. The minimum absolute atomic E-state index is 0.0230. The van der Waals surface area contributed by atoms with Gasteiger partial charge in [0.15, 0.2) is 0 Å². The van der Waals surface area contributed by atoms with Crippen LogP contribution in [0.25, 0.3) is 0 Å². The number of carbonyl (C=O) groups is 3. The van der Waals surface area contributed by atoms with E-state index in [4.69, 9.17) is 4.84 Å². The smallest absolute Gasteiger partial charge is 0.324 e. The number of allylic oxidation sites excluding steroid dienone is 1. The van der Waals surface area contributed by atoms with Crippen LogP contribution in [0.15, 0.2) is 29.1 Å². The zero-order valence-electron chi connectivity index (χ0n) is 10.4. The molecular formula is C11H10N4O4S. The zero-order chi connectivity index (χ0) is 14.5. The van der Waals surface area contributed by atoms with Gasteiger partial charge in [0, 0.05) is 6.20 Å². The molecule has 104 valence electrons. The van der Waals surface area contributed by atoms with Crippen molar-refractivity contribution in [3.63, 3.8) is 0 Å². The van der Waals surface area contributed by atoms with Crippen molar-refractivity contribution in [3.8, 4) is 0 Å². The lowest BCUT2D eigenvalue weighted by Crippen LogP contribution is -2.33. The second-order valence-electron chi connectivity index (χ2n) is 3.60. The van der Waals surface area contributed by atoms with Crippen molar-refractivity contribution in [1.82, 2.24) is 15.5 Å². The van der Waals surface area contributed by atoms with Crippen molar-refractivity contribution in [2.24, 2.45) is 5.10 Å². The monoisotopic (exact) mass is 294 g/mol. The number of nitrogens with zero attached hydrogens (tertiary/aromatic N) is 3. The van der Waals surface area contributed by atoms with E-state index in [0.29, 0.717) is 5.06 Å². The summed E-state index contributed by atoms with van der Waals surface area (Å²) in [6.07, 6.45) is 4.24. The summed E-state index contributed by atoms with van der Waals surface area (Å²) in [6.45, 7) is 1.76. The van der Waals surface area contributed by atoms with Gasteiger partial charge in [-0.05, 0) is 6.92 Å². The molecule has 1 aromatic heterocycles. The third kappa shape index (κ3) is 2.88. The highest BCUT2D eigenvalue weighted by atomic mass is 32.1. The van der Waals surface area contributed by atoms with Gasteiger partial charge in [0.05, 0.1) is 18.1 Å². The van der Waals surface area contributed by atoms with Crippen LogP contribution < -0.4 is 5.43 Å². The summed E-state index contributed by atoms with van der Waals surface area (Å²) >= 11 is 1.05. The van der Waals surface area contributed by atoms with E-state index in [1.807, 2.05) is 0 Å². The number of carbonyl (C=O) groups excluding carboxylic acids is 3. The van der Waals surface area contributed by atoms with Crippen LogP contribution in [0.4, 0.5) is 0 Å². The zero-order valence-corrected chi connectivity index (χ0v) is 11.2. The molecule has 1 aliphatic rings. The standard InChI is InChI=1S/C11H10N4O4S/c1-2-3-13-14-7-4-9(16)15(10(7)17)19-11(18)8-5-12-6-20-8/h2-3,5-6,13H,4H2,1H3. The molecule has 0 atom stereocenters. The molecule has 0 aliphatic carbocycles. The topological polar surface area (TPSA) is 101 Å². The van der Waals surface area contributed by atoms with Crippen molar-refractivity contribution in [2.75, 3.05) is 0 Å². The third-order valence-corrected chi connectivity index (χ3v) is 2.98. The minimum atomic E-state index is -0.808. The Morgan fingerprint density at radius 3 is 3.05 bits per heavy atom. The molecule has 0 aromatic carbocycles. The molecule has 2 heterocycles. The highest BCUT2D eigenvalue weighted by molar-refractivity contribution is 7.11. The van der Waals surface area contributed by atoms with E-state index in [-0.39, 0.29) is 17.0 Å². The molecule has 0 spiro atoms. The molecule has 1 fully saturated rings. The van der Waals surface area contributed by atoms with Gasteiger partial charge in [-0.2, -0.15) is 5.10 Å². The largest absolute Gasteiger partial charge is 0.375 e. The average molecular weight is 294 g/mol. The Kier molecular flexibility index (Phi) is 4.20. The fourth-order valence-corrected chi connectivity index (χ4v) is 1.83. The highest BCUT2D eigenvalue weighted by Crippen LogP contribution is 2.14. The summed E-state index contributed by atoms with van der Waals surface area (Å²) in [5.41, 5.74) is 3.91. The number of rotatable bonds is 4. The second kappa shape index (κ2) is 6.06. The number of hydrazone groups is 1. The summed E-state index contributed by atoms with van der Waals surface area (Å²) in [6, 6.07) is 0. The number of amides is 2. The number of nitrogens with one attached hydrogen (secondary N) is 1. The van der Waals surface area contributed by atoms with Crippen LogP contribution in [-0.2, 0) is 14.4 Å². The Labute approximate surface area is 117 Å². The molecule has 9 heteroatoms. The van der Waals surface area contributed by atoms with Gasteiger partial charge < -0.3 is 4.84 Å². The molecule has 0 bridgehead atoms. The first-order chi connectivity index (χ1) is 9.63. The van der Waals surface area contributed by atoms with Gasteiger partial charge in [-0.1, -0.05) is 11.1 Å². The lowest BCUT2D eigenvalue weighted by Gasteiger charge is -2.10. The van der Waals surface area contributed by atoms with Gasteiger partial charge in [0.2, 0.25) is 0 Å². The number of hydrogen-bond donors (Lipinski definition) is 1. The molecule has 1 aromatic rings. The fraction of sp³-hybridized carbons (Fsp3) is 0.182. The predicted molar refractivity (Wildman–Crippen MR) is 69.4 cm³/mol.